The van der Waals surface area contributed by atoms with E-state index in [1.165, 1.54) is 42.2 Å². The SMILES string of the molecule is CC(=O)N(Cc1ccccc1CS(=O)(=O)c1ccccc1)c1cc(C(=O)O)ccc1CC[N+](=O)[O-]. The number of nitrogens with zero attached hydrogens (tertiary/aromatic N) is 2. The highest BCUT2D eigenvalue weighted by molar-refractivity contribution is 7.90. The van der Waals surface area contributed by atoms with E-state index in [-0.39, 0.29) is 34.9 Å². The number of aromatic carboxylic acids is 1. The number of carbonyl (C=O) groups excluding carboxylic acids is 1. The van der Waals surface area contributed by atoms with Crippen molar-refractivity contribution in [1.29, 1.82) is 0 Å². The van der Waals surface area contributed by atoms with E-state index in [2.05, 4.69) is 0 Å². The molecule has 0 atom stereocenters. The monoisotopic (exact) mass is 496 g/mol. The van der Waals surface area contributed by atoms with E-state index in [9.17, 15) is 33.2 Å². The van der Waals surface area contributed by atoms with Crippen molar-refractivity contribution in [2.75, 3.05) is 11.4 Å². The average Bonchev–Trinajstić information content (AvgIpc) is 2.82. The Balaban J connectivity index is 2.01. The van der Waals surface area contributed by atoms with Crippen LogP contribution in [0.5, 0.6) is 0 Å². The number of amides is 1. The highest BCUT2D eigenvalue weighted by atomic mass is 32.2. The number of carboxylic acids is 1. The molecule has 0 aliphatic carbocycles. The van der Waals surface area contributed by atoms with Crippen LogP contribution in [0.1, 0.15) is 34.0 Å². The van der Waals surface area contributed by atoms with E-state index in [0.717, 1.165) is 0 Å². The minimum atomic E-state index is -3.66. The molecule has 182 valence electrons. The van der Waals surface area contributed by atoms with Crippen LogP contribution < -0.4 is 4.90 Å². The summed E-state index contributed by atoms with van der Waals surface area (Å²) >= 11 is 0. The predicted octanol–water partition coefficient (Wildman–Crippen LogP) is 3.73. The molecule has 1 amide bonds. The van der Waals surface area contributed by atoms with Crippen LogP contribution in [0, 0.1) is 10.1 Å². The van der Waals surface area contributed by atoms with Gasteiger partial charge < -0.3 is 10.0 Å². The molecule has 0 saturated heterocycles. The summed E-state index contributed by atoms with van der Waals surface area (Å²) in [5, 5.41) is 20.4. The van der Waals surface area contributed by atoms with Crippen molar-refractivity contribution >= 4 is 27.4 Å². The second-order valence-corrected chi connectivity index (χ2v) is 9.89. The summed E-state index contributed by atoms with van der Waals surface area (Å²) in [7, 11) is -3.66. The summed E-state index contributed by atoms with van der Waals surface area (Å²) in [6, 6.07) is 18.9. The lowest BCUT2D eigenvalue weighted by Gasteiger charge is -2.25. The third kappa shape index (κ3) is 6.51. The largest absolute Gasteiger partial charge is 0.478 e. The zero-order valence-electron chi connectivity index (χ0n) is 19.0. The lowest BCUT2D eigenvalue weighted by Crippen LogP contribution is -2.30. The number of anilines is 1. The van der Waals surface area contributed by atoms with Gasteiger partial charge in [-0.05, 0) is 41.0 Å². The van der Waals surface area contributed by atoms with Gasteiger partial charge in [-0.2, -0.15) is 0 Å². The van der Waals surface area contributed by atoms with Gasteiger partial charge in [-0.15, -0.1) is 0 Å². The number of sulfone groups is 1. The Hall–Kier alpha value is -4.05. The van der Waals surface area contributed by atoms with Crippen molar-refractivity contribution in [1.82, 2.24) is 0 Å². The Bertz CT molecular complexity index is 1360. The summed E-state index contributed by atoms with van der Waals surface area (Å²) in [6.07, 6.45) is -0.00392. The standard InChI is InChI=1S/C25H24N2O7S/c1-18(28)26(24-15-20(25(29)30)12-11-19(24)13-14-27(31)32)16-21-7-5-6-8-22(21)17-35(33,34)23-9-3-2-4-10-23/h2-12,15H,13-14,16-17H2,1H3,(H,29,30). The fourth-order valence-electron chi connectivity index (χ4n) is 3.68. The molecule has 3 aromatic rings. The van der Waals surface area contributed by atoms with E-state index in [1.54, 1.807) is 42.5 Å². The lowest BCUT2D eigenvalue weighted by atomic mass is 10.0. The molecule has 0 aliphatic rings. The van der Waals surface area contributed by atoms with Gasteiger partial charge in [0.05, 0.1) is 22.8 Å². The third-order valence-electron chi connectivity index (χ3n) is 5.46. The Morgan fingerprint density at radius 1 is 0.943 bits per heavy atom. The van der Waals surface area contributed by atoms with Crippen molar-refractivity contribution in [3.8, 4) is 0 Å². The molecule has 0 saturated carbocycles. The minimum absolute atomic E-state index is 0.00392. The Morgan fingerprint density at radius 2 is 1.57 bits per heavy atom. The molecule has 0 aliphatic heterocycles. The smallest absolute Gasteiger partial charge is 0.335 e. The molecule has 9 nitrogen and oxygen atoms in total. The van der Waals surface area contributed by atoms with Gasteiger partial charge >= 0.3 is 5.97 Å². The molecule has 0 radical (unpaired) electrons. The van der Waals surface area contributed by atoms with Crippen molar-refractivity contribution in [3.05, 3.63) is 105 Å². The molecule has 1 N–H and O–H groups in total. The van der Waals surface area contributed by atoms with Crippen LogP contribution in [0.25, 0.3) is 0 Å². The molecule has 3 rings (SSSR count). The number of carbonyl (C=O) groups is 2. The van der Waals surface area contributed by atoms with Gasteiger partial charge in [-0.1, -0.05) is 48.5 Å². The molecule has 0 spiro atoms. The Kier molecular flexibility index (Phi) is 7.98. The van der Waals surface area contributed by atoms with Crippen LogP contribution in [0.4, 0.5) is 5.69 Å². The Morgan fingerprint density at radius 3 is 2.17 bits per heavy atom. The summed E-state index contributed by atoms with van der Waals surface area (Å²) < 4.78 is 25.9. The van der Waals surface area contributed by atoms with Crippen molar-refractivity contribution in [3.63, 3.8) is 0 Å². The quantitative estimate of drug-likeness (QED) is 0.334. The summed E-state index contributed by atoms with van der Waals surface area (Å²) in [6.45, 7) is 0.871. The molecule has 0 bridgehead atoms. The fraction of sp³-hybridized carbons (Fsp3) is 0.200. The third-order valence-corrected chi connectivity index (χ3v) is 7.14. The first-order chi connectivity index (χ1) is 16.6. The van der Waals surface area contributed by atoms with Gasteiger partial charge in [0.15, 0.2) is 9.84 Å². The number of rotatable bonds is 10. The van der Waals surface area contributed by atoms with Gasteiger partial charge in [-0.3, -0.25) is 14.9 Å². The zero-order chi connectivity index (χ0) is 25.6. The maximum atomic E-state index is 13.0. The zero-order valence-corrected chi connectivity index (χ0v) is 19.8. The van der Waals surface area contributed by atoms with E-state index >= 15 is 0 Å². The Labute approximate surface area is 202 Å². The van der Waals surface area contributed by atoms with E-state index in [0.29, 0.717) is 16.7 Å². The predicted molar refractivity (Wildman–Crippen MR) is 130 cm³/mol. The van der Waals surface area contributed by atoms with Crippen molar-refractivity contribution < 1.29 is 28.0 Å². The molecule has 10 heteroatoms. The molecule has 0 fully saturated rings. The summed E-state index contributed by atoms with van der Waals surface area (Å²) in [5.41, 5.74) is 1.65. The summed E-state index contributed by atoms with van der Waals surface area (Å²) in [4.78, 5) is 36.1. The summed E-state index contributed by atoms with van der Waals surface area (Å²) in [5.74, 6) is -1.91. The van der Waals surface area contributed by atoms with Crippen LogP contribution in [-0.4, -0.2) is 36.9 Å². The van der Waals surface area contributed by atoms with Crippen LogP contribution >= 0.6 is 0 Å². The molecular formula is C25H24N2O7S. The van der Waals surface area contributed by atoms with Gasteiger partial charge in [0.25, 0.3) is 0 Å². The molecule has 0 unspecified atom stereocenters. The minimum Gasteiger partial charge on any atom is -0.478 e. The average molecular weight is 497 g/mol. The molecule has 3 aromatic carbocycles. The van der Waals surface area contributed by atoms with Crippen LogP contribution in [0.15, 0.2) is 77.7 Å². The number of nitro groups is 1. The van der Waals surface area contributed by atoms with Crippen molar-refractivity contribution in [2.24, 2.45) is 0 Å². The number of hydrogen-bond donors (Lipinski definition) is 1. The van der Waals surface area contributed by atoms with E-state index in [1.807, 2.05) is 0 Å². The van der Waals surface area contributed by atoms with Crippen molar-refractivity contribution in [2.45, 2.75) is 30.5 Å². The van der Waals surface area contributed by atoms with Gasteiger partial charge in [-0.25, -0.2) is 13.2 Å². The maximum Gasteiger partial charge on any atom is 0.335 e. The van der Waals surface area contributed by atoms with Crippen LogP contribution in [0.2, 0.25) is 0 Å². The number of carboxylic acid groups (broad SMARTS) is 1. The van der Waals surface area contributed by atoms with E-state index < -0.39 is 33.2 Å². The lowest BCUT2D eigenvalue weighted by molar-refractivity contribution is -0.479. The topological polar surface area (TPSA) is 135 Å². The second kappa shape index (κ2) is 10.9. The molecular weight excluding hydrogens is 472 g/mol. The van der Waals surface area contributed by atoms with Gasteiger partial charge in [0.1, 0.15) is 0 Å². The molecule has 0 heterocycles. The second-order valence-electron chi connectivity index (χ2n) is 7.90. The first-order valence-electron chi connectivity index (χ1n) is 10.7. The van der Waals surface area contributed by atoms with Crippen LogP contribution in [0.3, 0.4) is 0 Å². The van der Waals surface area contributed by atoms with E-state index in [4.69, 9.17) is 0 Å². The number of benzene rings is 3. The highest BCUT2D eigenvalue weighted by Crippen LogP contribution is 2.27. The first kappa shape index (κ1) is 25.6. The molecule has 0 aromatic heterocycles. The van der Waals surface area contributed by atoms with Gasteiger partial charge in [0, 0.05) is 24.0 Å². The maximum absolute atomic E-state index is 13.0. The fourth-order valence-corrected chi connectivity index (χ4v) is 5.11. The highest BCUT2D eigenvalue weighted by Gasteiger charge is 2.22. The first-order valence-corrected chi connectivity index (χ1v) is 12.3. The molecule has 35 heavy (non-hydrogen) atoms. The number of hydrogen-bond acceptors (Lipinski definition) is 6. The van der Waals surface area contributed by atoms with Gasteiger partial charge in [0.2, 0.25) is 12.5 Å². The van der Waals surface area contributed by atoms with Crippen LogP contribution in [-0.2, 0) is 33.4 Å². The normalized spacial score (nSPS) is 11.1.